The molecule has 0 aliphatic carbocycles. The molecule has 6 nitrogen and oxygen atoms in total. The van der Waals surface area contributed by atoms with Gasteiger partial charge in [0.15, 0.2) is 0 Å². The van der Waals surface area contributed by atoms with Gasteiger partial charge in [-0.1, -0.05) is 0 Å². The monoisotopic (exact) mass is 266 g/mol. The van der Waals surface area contributed by atoms with E-state index >= 15 is 0 Å². The first-order valence-corrected chi connectivity index (χ1v) is 7.10. The molecule has 0 bridgehead atoms. The first-order chi connectivity index (χ1) is 9.22. The molecular weight excluding hydrogens is 244 g/mol. The predicted octanol–water partition coefficient (Wildman–Crippen LogP) is 0.928. The summed E-state index contributed by atoms with van der Waals surface area (Å²) in [4.78, 5) is 2.34. The molecule has 3 rings (SSSR count). The highest BCUT2D eigenvalue weighted by Gasteiger charge is 2.28. The Hall–Kier alpha value is -0.980. The second-order valence-electron chi connectivity index (χ2n) is 5.65. The second-order valence-corrected chi connectivity index (χ2v) is 5.65. The van der Waals surface area contributed by atoms with Crippen LogP contribution in [-0.2, 0) is 4.74 Å². The van der Waals surface area contributed by atoms with Crippen molar-refractivity contribution in [3.8, 4) is 0 Å². The molecule has 2 atom stereocenters. The fraction of sp³-hybridized carbons (Fsp3) is 0.846. The molecule has 2 fully saturated rings. The van der Waals surface area contributed by atoms with E-state index in [0.717, 1.165) is 44.9 Å². The lowest BCUT2D eigenvalue weighted by atomic mass is 9.97. The smallest absolute Gasteiger partial charge is 0.246 e. The van der Waals surface area contributed by atoms with Crippen LogP contribution in [0.2, 0.25) is 0 Å². The Labute approximate surface area is 113 Å². The minimum atomic E-state index is -0.101. The molecule has 0 spiro atoms. The van der Waals surface area contributed by atoms with Crippen LogP contribution in [-0.4, -0.2) is 54.4 Å². The topological polar surface area (TPSA) is 63.4 Å². The highest BCUT2D eigenvalue weighted by atomic mass is 16.5. The Morgan fingerprint density at radius 3 is 2.63 bits per heavy atom. The van der Waals surface area contributed by atoms with Crippen molar-refractivity contribution in [3.63, 3.8) is 0 Å². The molecule has 1 aromatic heterocycles. The number of hydrogen-bond acceptors (Lipinski definition) is 6. The van der Waals surface area contributed by atoms with Gasteiger partial charge in [-0.2, -0.15) is 0 Å². The van der Waals surface area contributed by atoms with E-state index in [9.17, 15) is 0 Å². The molecule has 6 heteroatoms. The van der Waals surface area contributed by atoms with Gasteiger partial charge in [0.25, 0.3) is 0 Å². The van der Waals surface area contributed by atoms with Crippen molar-refractivity contribution < 1.29 is 9.15 Å². The number of likely N-dealkylation sites (tertiary alicyclic amines) is 1. The zero-order valence-electron chi connectivity index (χ0n) is 11.6. The van der Waals surface area contributed by atoms with Crippen LogP contribution >= 0.6 is 0 Å². The minimum absolute atomic E-state index is 0.101. The van der Waals surface area contributed by atoms with Gasteiger partial charge in [-0.25, -0.2) is 0 Å². The molecule has 0 radical (unpaired) electrons. The zero-order valence-corrected chi connectivity index (χ0v) is 11.6. The number of nitrogens with zero attached hydrogens (tertiary/aromatic N) is 3. The van der Waals surface area contributed by atoms with Gasteiger partial charge < -0.3 is 19.4 Å². The van der Waals surface area contributed by atoms with E-state index < -0.39 is 0 Å². The lowest BCUT2D eigenvalue weighted by Crippen LogP contribution is -2.39. The molecule has 0 amide bonds. The summed E-state index contributed by atoms with van der Waals surface area (Å²) in [7, 11) is 2.15. The van der Waals surface area contributed by atoms with E-state index in [0.29, 0.717) is 11.8 Å². The fourth-order valence-corrected chi connectivity index (χ4v) is 2.74. The molecule has 2 aliphatic heterocycles. The summed E-state index contributed by atoms with van der Waals surface area (Å²) in [6, 6.07) is 0. The molecule has 1 aromatic rings. The third kappa shape index (κ3) is 2.96. The third-order valence-corrected chi connectivity index (χ3v) is 3.96. The summed E-state index contributed by atoms with van der Waals surface area (Å²) in [5.41, 5.74) is 0. The minimum Gasteiger partial charge on any atom is -0.422 e. The summed E-state index contributed by atoms with van der Waals surface area (Å²) in [5, 5.41) is 11.7. The van der Waals surface area contributed by atoms with Gasteiger partial charge in [0, 0.05) is 19.0 Å². The molecule has 3 heterocycles. The van der Waals surface area contributed by atoms with Crippen LogP contribution in [0, 0.1) is 0 Å². The van der Waals surface area contributed by atoms with Crippen LogP contribution in [0.1, 0.15) is 43.6 Å². The molecule has 1 N–H and O–H groups in total. The summed E-state index contributed by atoms with van der Waals surface area (Å²) in [6.45, 7) is 5.88. The Kier molecular flexibility index (Phi) is 3.81. The fourth-order valence-electron chi connectivity index (χ4n) is 2.74. The van der Waals surface area contributed by atoms with Crippen LogP contribution in [0.4, 0.5) is 0 Å². The van der Waals surface area contributed by atoms with E-state index in [1.54, 1.807) is 0 Å². The highest BCUT2D eigenvalue weighted by Crippen LogP contribution is 2.28. The van der Waals surface area contributed by atoms with Gasteiger partial charge in [0.1, 0.15) is 6.10 Å². The summed E-state index contributed by atoms with van der Waals surface area (Å²) >= 11 is 0. The number of aromatic nitrogens is 2. The average molecular weight is 266 g/mol. The second kappa shape index (κ2) is 5.56. The normalized spacial score (nSPS) is 30.6. The number of piperidine rings is 1. The summed E-state index contributed by atoms with van der Waals surface area (Å²) in [5.74, 6) is 1.81. The summed E-state index contributed by atoms with van der Waals surface area (Å²) in [6.07, 6.45) is 2.28. The van der Waals surface area contributed by atoms with Gasteiger partial charge in [0.05, 0.1) is 6.10 Å². The standard InChI is InChI=1S/C13H22N4O2/c1-9-7-14-8-11(18-9)13-16-15-12(19-13)10-3-5-17(2)6-4-10/h9-11,14H,3-8H2,1-2H3/t9-,11-/m1/s1. The number of morpholine rings is 1. The number of hydrogen-bond donors (Lipinski definition) is 1. The predicted molar refractivity (Wildman–Crippen MR) is 69.9 cm³/mol. The molecule has 2 aliphatic rings. The van der Waals surface area contributed by atoms with E-state index in [1.807, 2.05) is 6.92 Å². The molecule has 106 valence electrons. The Morgan fingerprint density at radius 2 is 1.89 bits per heavy atom. The van der Waals surface area contributed by atoms with Gasteiger partial charge in [0.2, 0.25) is 11.8 Å². The van der Waals surface area contributed by atoms with E-state index in [1.165, 1.54) is 0 Å². The Bertz CT molecular complexity index is 415. The van der Waals surface area contributed by atoms with Gasteiger partial charge in [-0.3, -0.25) is 0 Å². The first kappa shape index (κ1) is 13.0. The maximum Gasteiger partial charge on any atom is 0.246 e. The molecule has 0 unspecified atom stereocenters. The van der Waals surface area contributed by atoms with Crippen molar-refractivity contribution in [2.24, 2.45) is 0 Å². The van der Waals surface area contributed by atoms with Gasteiger partial charge >= 0.3 is 0 Å². The molecule has 0 aromatic carbocycles. The van der Waals surface area contributed by atoms with Crippen LogP contribution in [0.3, 0.4) is 0 Å². The lowest BCUT2D eigenvalue weighted by molar-refractivity contribution is -0.0423. The molecular formula is C13H22N4O2. The van der Waals surface area contributed by atoms with Crippen molar-refractivity contribution in [3.05, 3.63) is 11.8 Å². The van der Waals surface area contributed by atoms with Crippen LogP contribution in [0.15, 0.2) is 4.42 Å². The summed E-state index contributed by atoms with van der Waals surface area (Å²) < 4.78 is 11.7. The Morgan fingerprint density at radius 1 is 1.16 bits per heavy atom. The first-order valence-electron chi connectivity index (χ1n) is 7.10. The maximum absolute atomic E-state index is 5.84. The van der Waals surface area contributed by atoms with Gasteiger partial charge in [-0.05, 0) is 39.9 Å². The van der Waals surface area contributed by atoms with Crippen molar-refractivity contribution >= 4 is 0 Å². The van der Waals surface area contributed by atoms with Crippen molar-refractivity contribution in [2.45, 2.75) is 37.9 Å². The van der Waals surface area contributed by atoms with E-state index in [4.69, 9.17) is 9.15 Å². The zero-order chi connectivity index (χ0) is 13.2. The number of rotatable bonds is 2. The Balaban J connectivity index is 1.65. The maximum atomic E-state index is 5.84. The number of nitrogens with one attached hydrogen (secondary N) is 1. The highest BCUT2D eigenvalue weighted by molar-refractivity contribution is 4.97. The molecule has 19 heavy (non-hydrogen) atoms. The van der Waals surface area contributed by atoms with Crippen LogP contribution < -0.4 is 5.32 Å². The lowest BCUT2D eigenvalue weighted by Gasteiger charge is -2.27. The SMILES string of the molecule is C[C@@H]1CNC[C@H](c2nnc(C3CCN(C)CC3)o2)O1. The largest absolute Gasteiger partial charge is 0.422 e. The average Bonchev–Trinajstić information content (AvgIpc) is 2.89. The van der Waals surface area contributed by atoms with Crippen LogP contribution in [0.5, 0.6) is 0 Å². The van der Waals surface area contributed by atoms with Crippen LogP contribution in [0.25, 0.3) is 0 Å². The van der Waals surface area contributed by atoms with Crippen molar-refractivity contribution in [1.82, 2.24) is 20.4 Å². The number of ether oxygens (including phenoxy) is 1. The quantitative estimate of drug-likeness (QED) is 0.859. The van der Waals surface area contributed by atoms with Gasteiger partial charge in [-0.15, -0.1) is 10.2 Å². The molecule has 2 saturated heterocycles. The van der Waals surface area contributed by atoms with Crippen molar-refractivity contribution in [2.75, 3.05) is 33.2 Å². The molecule has 0 saturated carbocycles. The van der Waals surface area contributed by atoms with E-state index in [2.05, 4.69) is 27.5 Å². The van der Waals surface area contributed by atoms with E-state index in [-0.39, 0.29) is 12.2 Å². The third-order valence-electron chi connectivity index (χ3n) is 3.96. The van der Waals surface area contributed by atoms with Crippen molar-refractivity contribution in [1.29, 1.82) is 0 Å².